The Hall–Kier alpha value is -2.95. The standard InChI is InChI=1S/C20H21NO4/c1-13(18-12-15-6-4-5-7-16(15)25-18)21-20(22)11-14-8-9-17(23-2)19(10-14)24-3/h4-10,12-13H,11H2,1-3H3,(H,21,22). The van der Waals surface area contributed by atoms with Crippen molar-refractivity contribution in [2.24, 2.45) is 0 Å². The molecule has 1 unspecified atom stereocenters. The van der Waals surface area contributed by atoms with E-state index in [9.17, 15) is 4.79 Å². The van der Waals surface area contributed by atoms with Crippen LogP contribution in [-0.4, -0.2) is 20.1 Å². The molecule has 3 rings (SSSR count). The zero-order valence-electron chi connectivity index (χ0n) is 14.5. The Balaban J connectivity index is 1.67. The van der Waals surface area contributed by atoms with Crippen molar-refractivity contribution in [1.82, 2.24) is 5.32 Å². The fraction of sp³-hybridized carbons (Fsp3) is 0.250. The molecule has 0 aliphatic heterocycles. The maximum atomic E-state index is 12.3. The third-order valence-electron chi connectivity index (χ3n) is 4.06. The number of amides is 1. The predicted octanol–water partition coefficient (Wildman–Crippen LogP) is 3.87. The predicted molar refractivity (Wildman–Crippen MR) is 96.0 cm³/mol. The number of ether oxygens (including phenoxy) is 2. The van der Waals surface area contributed by atoms with Gasteiger partial charge in [-0.15, -0.1) is 0 Å². The van der Waals surface area contributed by atoms with Crippen LogP contribution in [0.15, 0.2) is 52.9 Å². The zero-order chi connectivity index (χ0) is 17.8. The Morgan fingerprint density at radius 3 is 2.56 bits per heavy atom. The molecule has 1 aromatic heterocycles. The highest BCUT2D eigenvalue weighted by Crippen LogP contribution is 2.28. The van der Waals surface area contributed by atoms with Crippen molar-refractivity contribution in [3.63, 3.8) is 0 Å². The second kappa shape index (κ2) is 7.30. The van der Waals surface area contributed by atoms with Gasteiger partial charge in [0.15, 0.2) is 11.5 Å². The lowest BCUT2D eigenvalue weighted by molar-refractivity contribution is -0.121. The lowest BCUT2D eigenvalue weighted by atomic mass is 10.1. The first-order chi connectivity index (χ1) is 12.1. The van der Waals surface area contributed by atoms with Gasteiger partial charge in [-0.2, -0.15) is 0 Å². The molecule has 0 saturated heterocycles. The van der Waals surface area contributed by atoms with Crippen LogP contribution >= 0.6 is 0 Å². The molecule has 0 saturated carbocycles. The highest BCUT2D eigenvalue weighted by molar-refractivity contribution is 5.80. The van der Waals surface area contributed by atoms with Crippen molar-refractivity contribution in [3.05, 3.63) is 59.9 Å². The second-order valence-electron chi connectivity index (χ2n) is 5.84. The van der Waals surface area contributed by atoms with E-state index in [1.165, 1.54) is 0 Å². The highest BCUT2D eigenvalue weighted by atomic mass is 16.5. The molecule has 0 aliphatic carbocycles. The number of nitrogens with one attached hydrogen (secondary N) is 1. The first kappa shape index (κ1) is 16.9. The minimum absolute atomic E-state index is 0.0832. The number of carbonyl (C=O) groups excluding carboxylic acids is 1. The topological polar surface area (TPSA) is 60.7 Å². The second-order valence-corrected chi connectivity index (χ2v) is 5.84. The molecular weight excluding hydrogens is 318 g/mol. The van der Waals surface area contributed by atoms with E-state index < -0.39 is 0 Å². The average Bonchev–Trinajstić information content (AvgIpc) is 3.05. The van der Waals surface area contributed by atoms with E-state index in [2.05, 4.69) is 5.32 Å². The molecule has 1 N–H and O–H groups in total. The van der Waals surface area contributed by atoms with Gasteiger partial charge in [0.25, 0.3) is 0 Å². The molecule has 5 nitrogen and oxygen atoms in total. The maximum Gasteiger partial charge on any atom is 0.225 e. The fourth-order valence-corrected chi connectivity index (χ4v) is 2.76. The first-order valence-corrected chi connectivity index (χ1v) is 8.09. The van der Waals surface area contributed by atoms with Gasteiger partial charge in [0.05, 0.1) is 26.7 Å². The number of benzene rings is 2. The largest absolute Gasteiger partial charge is 0.493 e. The van der Waals surface area contributed by atoms with E-state index in [1.54, 1.807) is 20.3 Å². The number of carbonyl (C=O) groups is 1. The summed E-state index contributed by atoms with van der Waals surface area (Å²) in [7, 11) is 3.16. The maximum absolute atomic E-state index is 12.3. The molecule has 25 heavy (non-hydrogen) atoms. The van der Waals surface area contributed by atoms with Crippen LogP contribution in [0.4, 0.5) is 0 Å². The Morgan fingerprint density at radius 2 is 1.84 bits per heavy atom. The summed E-state index contributed by atoms with van der Waals surface area (Å²) in [6.45, 7) is 1.91. The molecule has 1 atom stereocenters. The van der Waals surface area contributed by atoms with Gasteiger partial charge in [0, 0.05) is 5.39 Å². The molecule has 130 valence electrons. The number of methoxy groups -OCH3 is 2. The summed E-state index contributed by atoms with van der Waals surface area (Å²) in [6.07, 6.45) is 0.255. The summed E-state index contributed by atoms with van der Waals surface area (Å²) in [5.74, 6) is 1.91. The number of hydrogen-bond donors (Lipinski definition) is 1. The van der Waals surface area contributed by atoms with E-state index >= 15 is 0 Å². The molecule has 0 spiro atoms. The Bertz CT molecular complexity index is 851. The molecule has 0 radical (unpaired) electrons. The fourth-order valence-electron chi connectivity index (χ4n) is 2.76. The lowest BCUT2D eigenvalue weighted by Gasteiger charge is -2.12. The van der Waals surface area contributed by atoms with Gasteiger partial charge in [-0.3, -0.25) is 4.79 Å². The Kier molecular flexibility index (Phi) is 4.93. The van der Waals surface area contributed by atoms with Crippen molar-refractivity contribution in [1.29, 1.82) is 0 Å². The van der Waals surface area contributed by atoms with Gasteiger partial charge < -0.3 is 19.2 Å². The minimum atomic E-state index is -0.208. The smallest absolute Gasteiger partial charge is 0.225 e. The summed E-state index contributed by atoms with van der Waals surface area (Å²) in [5.41, 5.74) is 1.67. The van der Waals surface area contributed by atoms with Crippen LogP contribution in [0.3, 0.4) is 0 Å². The van der Waals surface area contributed by atoms with Gasteiger partial charge >= 0.3 is 0 Å². The van der Waals surface area contributed by atoms with Crippen LogP contribution in [0.2, 0.25) is 0 Å². The van der Waals surface area contributed by atoms with E-state index in [1.807, 2.05) is 49.4 Å². The molecule has 3 aromatic rings. The molecule has 1 heterocycles. The van der Waals surface area contributed by atoms with E-state index in [4.69, 9.17) is 13.9 Å². The summed E-state index contributed by atoms with van der Waals surface area (Å²) in [5, 5.41) is 3.99. The van der Waals surface area contributed by atoms with Gasteiger partial charge in [0.1, 0.15) is 11.3 Å². The van der Waals surface area contributed by atoms with Crippen LogP contribution in [0.25, 0.3) is 11.0 Å². The van der Waals surface area contributed by atoms with Gasteiger partial charge in [-0.1, -0.05) is 24.3 Å². The van der Waals surface area contributed by atoms with Crippen molar-refractivity contribution in [2.75, 3.05) is 14.2 Å². The Labute approximate surface area is 146 Å². The third kappa shape index (κ3) is 3.76. The zero-order valence-corrected chi connectivity index (χ0v) is 14.5. The number of fused-ring (bicyclic) bond motifs is 1. The van der Waals surface area contributed by atoms with Crippen LogP contribution in [0, 0.1) is 0 Å². The quantitative estimate of drug-likeness (QED) is 0.740. The van der Waals surface area contributed by atoms with Crippen molar-refractivity contribution in [2.45, 2.75) is 19.4 Å². The summed E-state index contributed by atoms with van der Waals surface area (Å²) >= 11 is 0. The van der Waals surface area contributed by atoms with E-state index in [0.29, 0.717) is 11.5 Å². The highest BCUT2D eigenvalue weighted by Gasteiger charge is 2.15. The minimum Gasteiger partial charge on any atom is -0.493 e. The molecule has 1 amide bonds. The molecule has 5 heteroatoms. The van der Waals surface area contributed by atoms with E-state index in [0.717, 1.165) is 22.3 Å². The van der Waals surface area contributed by atoms with Crippen LogP contribution in [-0.2, 0) is 11.2 Å². The normalized spacial score (nSPS) is 12.0. The molecular formula is C20H21NO4. The molecule has 0 aliphatic rings. The van der Waals surface area contributed by atoms with Crippen molar-refractivity contribution < 1.29 is 18.7 Å². The molecule has 0 fully saturated rings. The Morgan fingerprint density at radius 1 is 1.08 bits per heavy atom. The number of rotatable bonds is 6. The van der Waals surface area contributed by atoms with Crippen LogP contribution in [0.5, 0.6) is 11.5 Å². The van der Waals surface area contributed by atoms with Gasteiger partial charge in [0.2, 0.25) is 5.91 Å². The van der Waals surface area contributed by atoms with Crippen LogP contribution in [0.1, 0.15) is 24.3 Å². The average molecular weight is 339 g/mol. The third-order valence-corrected chi connectivity index (χ3v) is 4.06. The van der Waals surface area contributed by atoms with Gasteiger partial charge in [-0.05, 0) is 36.8 Å². The number of furan rings is 1. The summed E-state index contributed by atoms with van der Waals surface area (Å²) < 4.78 is 16.3. The SMILES string of the molecule is COc1ccc(CC(=O)NC(C)c2cc3ccccc3o2)cc1OC. The lowest BCUT2D eigenvalue weighted by Crippen LogP contribution is -2.27. The number of para-hydroxylation sites is 1. The summed E-state index contributed by atoms with van der Waals surface area (Å²) in [4.78, 5) is 12.3. The molecule has 0 bridgehead atoms. The van der Waals surface area contributed by atoms with Crippen LogP contribution < -0.4 is 14.8 Å². The van der Waals surface area contributed by atoms with Crippen molar-refractivity contribution in [3.8, 4) is 11.5 Å². The van der Waals surface area contributed by atoms with E-state index in [-0.39, 0.29) is 18.4 Å². The molecule has 2 aromatic carbocycles. The van der Waals surface area contributed by atoms with Gasteiger partial charge in [-0.25, -0.2) is 0 Å². The monoisotopic (exact) mass is 339 g/mol. The number of hydrogen-bond acceptors (Lipinski definition) is 4. The summed E-state index contributed by atoms with van der Waals surface area (Å²) in [6, 6.07) is 15.0. The van der Waals surface area contributed by atoms with Crippen molar-refractivity contribution >= 4 is 16.9 Å². The first-order valence-electron chi connectivity index (χ1n) is 8.09.